The van der Waals surface area contributed by atoms with E-state index in [1.807, 2.05) is 18.2 Å². The van der Waals surface area contributed by atoms with Gasteiger partial charge in [0.05, 0.1) is 10.6 Å². The van der Waals surface area contributed by atoms with Gasteiger partial charge in [0.25, 0.3) is 4.92 Å². The SMILES string of the molecule is O=[N+](O)c1cc(/C=C/c2ccc3cccc(O)c3n2)ccc1Cl. The Balaban J connectivity index is 1.95. The first-order chi connectivity index (χ1) is 11.0. The van der Waals surface area contributed by atoms with Gasteiger partial charge in [-0.3, -0.25) is 0 Å². The van der Waals surface area contributed by atoms with E-state index in [1.165, 1.54) is 12.1 Å². The van der Waals surface area contributed by atoms with E-state index < -0.39 is 0 Å². The molecule has 1 aromatic heterocycles. The van der Waals surface area contributed by atoms with Gasteiger partial charge in [0.15, 0.2) is 0 Å². The number of hydrogen-bond acceptors (Lipinski definition) is 3. The number of para-hydroxylation sites is 1. The Morgan fingerprint density at radius 2 is 1.91 bits per heavy atom. The summed E-state index contributed by atoms with van der Waals surface area (Å²) in [6, 6.07) is 13.6. The Hall–Kier alpha value is -2.92. The largest absolute Gasteiger partial charge is 0.506 e. The highest BCUT2D eigenvalue weighted by molar-refractivity contribution is 6.32. The number of hydrogen-bond donors (Lipinski definition) is 2. The van der Waals surface area contributed by atoms with Crippen molar-refractivity contribution in [2.45, 2.75) is 0 Å². The Bertz CT molecular complexity index is 938. The number of pyridine rings is 1. The van der Waals surface area contributed by atoms with E-state index in [9.17, 15) is 10.0 Å². The molecule has 0 fully saturated rings. The van der Waals surface area contributed by atoms with Crippen LogP contribution in [0.3, 0.4) is 0 Å². The monoisotopic (exact) mass is 327 g/mol. The van der Waals surface area contributed by atoms with Crippen molar-refractivity contribution >= 4 is 40.3 Å². The lowest BCUT2D eigenvalue weighted by molar-refractivity contribution is -0.729. The molecule has 5 nitrogen and oxygen atoms in total. The molecular formula is C17H12ClN2O3+. The lowest BCUT2D eigenvalue weighted by Crippen LogP contribution is -1.93. The van der Waals surface area contributed by atoms with Crippen LogP contribution in [0.1, 0.15) is 11.3 Å². The maximum absolute atomic E-state index is 11.0. The van der Waals surface area contributed by atoms with E-state index in [2.05, 4.69) is 4.98 Å². The minimum atomic E-state index is -0.272. The van der Waals surface area contributed by atoms with Gasteiger partial charge in [-0.05, 0) is 29.8 Å². The average molecular weight is 328 g/mol. The zero-order valence-electron chi connectivity index (χ0n) is 11.8. The van der Waals surface area contributed by atoms with Gasteiger partial charge in [0.1, 0.15) is 16.3 Å². The predicted octanol–water partition coefficient (Wildman–Crippen LogP) is 4.56. The first-order valence-corrected chi connectivity index (χ1v) is 7.15. The molecule has 114 valence electrons. The molecule has 1 heterocycles. The summed E-state index contributed by atoms with van der Waals surface area (Å²) in [5.74, 6) is 0.119. The van der Waals surface area contributed by atoms with Crippen LogP contribution in [-0.2, 0) is 0 Å². The molecule has 0 aliphatic carbocycles. The number of fused-ring (bicyclic) bond motifs is 1. The first-order valence-electron chi connectivity index (χ1n) is 6.77. The molecule has 0 amide bonds. The predicted molar refractivity (Wildman–Crippen MR) is 88.9 cm³/mol. The summed E-state index contributed by atoms with van der Waals surface area (Å²) >= 11 is 5.83. The molecule has 23 heavy (non-hydrogen) atoms. The highest BCUT2D eigenvalue weighted by Crippen LogP contribution is 2.26. The van der Waals surface area contributed by atoms with Crippen LogP contribution in [0.5, 0.6) is 5.75 Å². The molecule has 0 radical (unpaired) electrons. The maximum Gasteiger partial charge on any atom is 0.335 e. The third-order valence-electron chi connectivity index (χ3n) is 3.34. The Morgan fingerprint density at radius 1 is 1.09 bits per heavy atom. The molecular weight excluding hydrogens is 316 g/mol. The normalized spacial score (nSPS) is 11.2. The second kappa shape index (κ2) is 6.06. The summed E-state index contributed by atoms with van der Waals surface area (Å²) in [5, 5.41) is 19.8. The summed E-state index contributed by atoms with van der Waals surface area (Å²) in [7, 11) is 0. The van der Waals surface area contributed by atoms with Crippen LogP contribution in [0.15, 0.2) is 48.5 Å². The number of rotatable bonds is 3. The third kappa shape index (κ3) is 3.14. The first kappa shape index (κ1) is 15.0. The molecule has 0 saturated heterocycles. The number of phenols is 1. The minimum absolute atomic E-state index is 0.0297. The van der Waals surface area contributed by atoms with E-state index in [-0.39, 0.29) is 21.4 Å². The molecule has 0 spiro atoms. The van der Waals surface area contributed by atoms with Crippen molar-refractivity contribution in [3.8, 4) is 5.75 Å². The zero-order valence-corrected chi connectivity index (χ0v) is 12.6. The van der Waals surface area contributed by atoms with Crippen LogP contribution >= 0.6 is 11.6 Å². The van der Waals surface area contributed by atoms with E-state index in [0.29, 0.717) is 16.8 Å². The number of benzene rings is 2. The summed E-state index contributed by atoms with van der Waals surface area (Å²) in [6.07, 6.45) is 3.48. The minimum Gasteiger partial charge on any atom is -0.506 e. The van der Waals surface area contributed by atoms with Crippen LogP contribution in [0.25, 0.3) is 23.1 Å². The van der Waals surface area contributed by atoms with Gasteiger partial charge in [-0.2, -0.15) is 0 Å². The van der Waals surface area contributed by atoms with E-state index >= 15 is 0 Å². The lowest BCUT2D eigenvalue weighted by Gasteiger charge is -2.01. The molecule has 0 unspecified atom stereocenters. The summed E-state index contributed by atoms with van der Waals surface area (Å²) < 4.78 is 0. The van der Waals surface area contributed by atoms with Crippen molar-refractivity contribution in [3.63, 3.8) is 0 Å². The van der Waals surface area contributed by atoms with Gasteiger partial charge in [0.2, 0.25) is 0 Å². The van der Waals surface area contributed by atoms with E-state index in [0.717, 1.165) is 5.39 Å². The molecule has 2 aromatic carbocycles. The van der Waals surface area contributed by atoms with Crippen molar-refractivity contribution in [2.24, 2.45) is 0 Å². The molecule has 6 heteroatoms. The van der Waals surface area contributed by atoms with Gasteiger partial charge in [0, 0.05) is 11.5 Å². The lowest BCUT2D eigenvalue weighted by atomic mass is 10.1. The van der Waals surface area contributed by atoms with Crippen LogP contribution in [0, 0.1) is 4.91 Å². The Kier molecular flexibility index (Phi) is 3.95. The standard InChI is InChI=1S/C17H11ClN2O3/c18-14-9-5-11(10-15(14)20(22)23)4-7-13-8-6-12-2-1-3-16(21)17(12)19-13/h1-10H,(H-,21,22,23)/p+1/b7-4+. The van der Waals surface area contributed by atoms with Crippen molar-refractivity contribution < 1.29 is 15.2 Å². The van der Waals surface area contributed by atoms with Crippen LogP contribution < -0.4 is 0 Å². The van der Waals surface area contributed by atoms with Crippen molar-refractivity contribution in [1.82, 2.24) is 4.98 Å². The fourth-order valence-corrected chi connectivity index (χ4v) is 2.39. The van der Waals surface area contributed by atoms with Crippen LogP contribution in [0.4, 0.5) is 5.69 Å². The third-order valence-corrected chi connectivity index (χ3v) is 3.66. The number of phenolic OH excluding ortho intramolecular Hbond substituents is 1. The fourth-order valence-electron chi connectivity index (χ4n) is 2.20. The number of nitrogens with zero attached hydrogens (tertiary/aromatic N) is 2. The van der Waals surface area contributed by atoms with Gasteiger partial charge in [-0.15, -0.1) is 0 Å². The molecule has 2 N–H and O–H groups in total. The van der Waals surface area contributed by atoms with Gasteiger partial charge >= 0.3 is 5.69 Å². The Morgan fingerprint density at radius 3 is 2.70 bits per heavy atom. The molecule has 0 aliphatic heterocycles. The zero-order chi connectivity index (χ0) is 16.4. The van der Waals surface area contributed by atoms with E-state index in [4.69, 9.17) is 16.8 Å². The average Bonchev–Trinajstić information content (AvgIpc) is 2.54. The molecule has 0 saturated carbocycles. The van der Waals surface area contributed by atoms with E-state index in [1.54, 1.807) is 30.4 Å². The number of aromatic hydroxyl groups is 1. The highest BCUT2D eigenvalue weighted by atomic mass is 35.5. The van der Waals surface area contributed by atoms with Crippen molar-refractivity contribution in [1.29, 1.82) is 0 Å². The van der Waals surface area contributed by atoms with Crippen LogP contribution in [-0.4, -0.2) is 20.2 Å². The Labute approximate surface area is 136 Å². The fraction of sp³-hybridized carbons (Fsp3) is 0. The summed E-state index contributed by atoms with van der Waals surface area (Å²) in [6.45, 7) is 0. The van der Waals surface area contributed by atoms with Crippen molar-refractivity contribution in [2.75, 3.05) is 0 Å². The molecule has 0 bridgehead atoms. The number of halogens is 1. The van der Waals surface area contributed by atoms with Gasteiger partial charge in [-0.25, -0.2) is 10.2 Å². The quantitative estimate of drug-likeness (QED) is 0.691. The molecule has 0 atom stereocenters. The van der Waals surface area contributed by atoms with Gasteiger partial charge in [-0.1, -0.05) is 41.9 Å². The van der Waals surface area contributed by atoms with Gasteiger partial charge < -0.3 is 5.11 Å². The van der Waals surface area contributed by atoms with Crippen LogP contribution in [0.2, 0.25) is 5.02 Å². The topological polar surface area (TPSA) is 73.4 Å². The number of aromatic nitrogens is 1. The molecule has 3 rings (SSSR count). The smallest absolute Gasteiger partial charge is 0.335 e. The molecule has 3 aromatic rings. The summed E-state index contributed by atoms with van der Waals surface area (Å²) in [4.78, 5) is 15.1. The highest BCUT2D eigenvalue weighted by Gasteiger charge is 2.17. The molecule has 0 aliphatic rings. The maximum atomic E-state index is 11.0. The second-order valence-electron chi connectivity index (χ2n) is 4.90. The summed E-state index contributed by atoms with van der Waals surface area (Å²) in [5.41, 5.74) is 1.82. The second-order valence-corrected chi connectivity index (χ2v) is 5.31. The van der Waals surface area contributed by atoms with Crippen molar-refractivity contribution in [3.05, 3.63) is 69.7 Å².